The van der Waals surface area contributed by atoms with Crippen LogP contribution in [0.5, 0.6) is 0 Å². The Morgan fingerprint density at radius 1 is 0.931 bits per heavy atom. The van der Waals surface area contributed by atoms with E-state index >= 15 is 0 Å². The minimum absolute atomic E-state index is 0.332. The Morgan fingerprint density at radius 3 is 2.69 bits per heavy atom. The molecule has 29 heavy (non-hydrogen) atoms. The lowest BCUT2D eigenvalue weighted by Gasteiger charge is -2.15. The van der Waals surface area contributed by atoms with Gasteiger partial charge in [-0.3, -0.25) is 5.10 Å². The van der Waals surface area contributed by atoms with Gasteiger partial charge in [-0.1, -0.05) is 36.2 Å². The molecule has 0 atom stereocenters. The Labute approximate surface area is 172 Å². The summed E-state index contributed by atoms with van der Waals surface area (Å²) < 4.78 is 14.1. The second kappa shape index (κ2) is 7.44. The third-order valence-corrected chi connectivity index (χ3v) is 5.66. The van der Waals surface area contributed by atoms with E-state index in [1.165, 1.54) is 6.07 Å². The molecule has 2 aromatic carbocycles. The highest BCUT2D eigenvalue weighted by Gasteiger charge is 2.20. The number of aromatic amines is 1. The molecule has 1 aliphatic rings. The normalized spacial score (nSPS) is 13.9. The molecule has 0 saturated heterocycles. The van der Waals surface area contributed by atoms with Crippen LogP contribution < -0.4 is 5.32 Å². The van der Waals surface area contributed by atoms with E-state index in [2.05, 4.69) is 15.5 Å². The first-order chi connectivity index (χ1) is 14.2. The van der Waals surface area contributed by atoms with Crippen molar-refractivity contribution in [1.82, 2.24) is 20.2 Å². The maximum atomic E-state index is 14.1. The van der Waals surface area contributed by atoms with Crippen LogP contribution in [0, 0.1) is 5.82 Å². The van der Waals surface area contributed by atoms with Crippen molar-refractivity contribution in [3.8, 4) is 11.4 Å². The second-order valence-electron chi connectivity index (χ2n) is 7.22. The zero-order chi connectivity index (χ0) is 19.8. The zero-order valence-electron chi connectivity index (χ0n) is 15.7. The number of H-pyrrole nitrogens is 1. The van der Waals surface area contributed by atoms with E-state index in [1.54, 1.807) is 6.07 Å². The van der Waals surface area contributed by atoms with Crippen LogP contribution >= 0.6 is 11.6 Å². The predicted octanol–water partition coefficient (Wildman–Crippen LogP) is 5.82. The molecule has 0 aliphatic heterocycles. The Hall–Kier alpha value is -2.99. The summed E-state index contributed by atoms with van der Waals surface area (Å²) in [6.45, 7) is 0. The van der Waals surface area contributed by atoms with E-state index in [9.17, 15) is 4.39 Å². The number of anilines is 2. The summed E-state index contributed by atoms with van der Waals surface area (Å²) in [5.41, 5.74) is 3.32. The van der Waals surface area contributed by atoms with Crippen molar-refractivity contribution < 1.29 is 4.39 Å². The van der Waals surface area contributed by atoms with E-state index in [1.807, 2.05) is 30.3 Å². The molecule has 4 aromatic rings. The molecule has 1 aliphatic carbocycles. The molecule has 0 bridgehead atoms. The number of hydrogen-bond acceptors (Lipinski definition) is 4. The summed E-state index contributed by atoms with van der Waals surface area (Å²) in [4.78, 5) is 9.66. The number of rotatable bonds is 3. The van der Waals surface area contributed by atoms with Gasteiger partial charge in [-0.15, -0.1) is 0 Å². The molecular formula is C22H19ClFN5. The van der Waals surface area contributed by atoms with Crippen LogP contribution in [0.15, 0.2) is 42.5 Å². The summed E-state index contributed by atoms with van der Waals surface area (Å²) in [5, 5.41) is 11.7. The minimum Gasteiger partial charge on any atom is -0.323 e. The molecule has 7 heteroatoms. The van der Waals surface area contributed by atoms with Crippen molar-refractivity contribution >= 4 is 34.1 Å². The van der Waals surface area contributed by atoms with Crippen LogP contribution in [-0.4, -0.2) is 20.2 Å². The van der Waals surface area contributed by atoms with Crippen LogP contribution in [0.3, 0.4) is 0 Å². The number of para-hydroxylation sites is 1. The molecule has 5 rings (SSSR count). The van der Waals surface area contributed by atoms with Crippen molar-refractivity contribution in [3.05, 3.63) is 64.6 Å². The predicted molar refractivity (Wildman–Crippen MR) is 113 cm³/mol. The second-order valence-corrected chi connectivity index (χ2v) is 7.63. The molecule has 0 radical (unpaired) electrons. The van der Waals surface area contributed by atoms with Crippen LogP contribution in [-0.2, 0) is 12.8 Å². The van der Waals surface area contributed by atoms with Gasteiger partial charge in [0.05, 0.1) is 5.02 Å². The highest BCUT2D eigenvalue weighted by molar-refractivity contribution is 6.33. The summed E-state index contributed by atoms with van der Waals surface area (Å²) in [6.07, 6.45) is 5.15. The summed E-state index contributed by atoms with van der Waals surface area (Å²) in [5.74, 6) is 1.52. The number of nitrogens with one attached hydrogen (secondary N) is 2. The molecule has 146 valence electrons. The average molecular weight is 408 g/mol. The summed E-state index contributed by atoms with van der Waals surface area (Å²) >= 11 is 6.41. The number of halogens is 2. The quantitative estimate of drug-likeness (QED) is 0.419. The van der Waals surface area contributed by atoms with E-state index in [0.29, 0.717) is 33.4 Å². The van der Waals surface area contributed by atoms with Gasteiger partial charge >= 0.3 is 0 Å². The first-order valence-corrected chi connectivity index (χ1v) is 10.1. The topological polar surface area (TPSA) is 66.5 Å². The van der Waals surface area contributed by atoms with E-state index in [0.717, 1.165) is 48.9 Å². The highest BCUT2D eigenvalue weighted by atomic mass is 35.5. The SMILES string of the molecule is Fc1cccc2c(Nc3nc(-c4ccccc4Cl)nc4c3CCCCC4)n[nH]c12. The van der Waals surface area contributed by atoms with Crippen LogP contribution in [0.4, 0.5) is 16.0 Å². The van der Waals surface area contributed by atoms with E-state index < -0.39 is 0 Å². The average Bonchev–Trinajstić information content (AvgIpc) is 2.98. The number of aromatic nitrogens is 4. The molecule has 0 unspecified atom stereocenters. The molecule has 0 saturated carbocycles. The summed E-state index contributed by atoms with van der Waals surface area (Å²) in [7, 11) is 0. The van der Waals surface area contributed by atoms with Gasteiger partial charge in [-0.25, -0.2) is 14.4 Å². The van der Waals surface area contributed by atoms with Crippen molar-refractivity contribution in [2.24, 2.45) is 0 Å². The van der Waals surface area contributed by atoms with Crippen molar-refractivity contribution in [1.29, 1.82) is 0 Å². The molecular weight excluding hydrogens is 389 g/mol. The summed E-state index contributed by atoms with van der Waals surface area (Å²) in [6, 6.07) is 12.5. The number of fused-ring (bicyclic) bond motifs is 2. The number of benzene rings is 2. The van der Waals surface area contributed by atoms with Crippen molar-refractivity contribution in [3.63, 3.8) is 0 Å². The fourth-order valence-corrected chi connectivity index (χ4v) is 4.07. The minimum atomic E-state index is -0.332. The lowest BCUT2D eigenvalue weighted by Crippen LogP contribution is -2.07. The Morgan fingerprint density at radius 2 is 1.79 bits per heavy atom. The Bertz CT molecular complexity index is 1200. The first kappa shape index (κ1) is 18.1. The lowest BCUT2D eigenvalue weighted by atomic mass is 10.1. The number of hydrogen-bond donors (Lipinski definition) is 2. The van der Waals surface area contributed by atoms with Crippen LogP contribution in [0.2, 0.25) is 5.02 Å². The van der Waals surface area contributed by atoms with Gasteiger partial charge in [0.2, 0.25) is 0 Å². The van der Waals surface area contributed by atoms with E-state index in [4.69, 9.17) is 21.6 Å². The third-order valence-electron chi connectivity index (χ3n) is 5.33. The fraction of sp³-hybridized carbons (Fsp3) is 0.227. The van der Waals surface area contributed by atoms with Gasteiger partial charge in [0.1, 0.15) is 17.2 Å². The Balaban J connectivity index is 1.65. The van der Waals surface area contributed by atoms with Crippen molar-refractivity contribution in [2.45, 2.75) is 32.1 Å². The lowest BCUT2D eigenvalue weighted by molar-refractivity contribution is 0.636. The molecule has 5 nitrogen and oxygen atoms in total. The number of nitrogens with zero attached hydrogens (tertiary/aromatic N) is 3. The fourth-order valence-electron chi connectivity index (χ4n) is 3.85. The van der Waals surface area contributed by atoms with Gasteiger partial charge in [-0.2, -0.15) is 5.10 Å². The molecule has 0 fully saturated rings. The Kier molecular flexibility index (Phi) is 4.64. The largest absolute Gasteiger partial charge is 0.323 e. The smallest absolute Gasteiger partial charge is 0.163 e. The standard InChI is InChI=1S/C22H19ClFN5/c23-16-10-5-4-7-13(16)20-25-18-12-3-1-2-8-14(18)21(26-20)27-22-15-9-6-11-17(24)19(15)28-29-22/h4-7,9-11H,1-3,8,12H2,(H2,25,26,27,28,29). The zero-order valence-corrected chi connectivity index (χ0v) is 16.4. The monoisotopic (exact) mass is 407 g/mol. The van der Waals surface area contributed by atoms with E-state index in [-0.39, 0.29) is 5.82 Å². The first-order valence-electron chi connectivity index (χ1n) is 9.75. The molecule has 0 spiro atoms. The van der Waals surface area contributed by atoms with Crippen LogP contribution in [0.1, 0.15) is 30.5 Å². The number of aryl methyl sites for hydroxylation is 1. The van der Waals surface area contributed by atoms with Crippen LogP contribution in [0.25, 0.3) is 22.3 Å². The van der Waals surface area contributed by atoms with Gasteiger partial charge < -0.3 is 5.32 Å². The maximum Gasteiger partial charge on any atom is 0.163 e. The van der Waals surface area contributed by atoms with Gasteiger partial charge in [0.25, 0.3) is 0 Å². The highest BCUT2D eigenvalue weighted by Crippen LogP contribution is 2.33. The van der Waals surface area contributed by atoms with Crippen molar-refractivity contribution in [2.75, 3.05) is 5.32 Å². The van der Waals surface area contributed by atoms with Gasteiger partial charge in [0, 0.05) is 22.2 Å². The molecule has 2 N–H and O–H groups in total. The van der Waals surface area contributed by atoms with Gasteiger partial charge in [-0.05, 0) is 49.9 Å². The molecule has 0 amide bonds. The molecule has 2 aromatic heterocycles. The maximum absolute atomic E-state index is 14.1. The molecule has 2 heterocycles. The van der Waals surface area contributed by atoms with Gasteiger partial charge in [0.15, 0.2) is 11.6 Å². The third kappa shape index (κ3) is 3.34.